The van der Waals surface area contributed by atoms with Crippen molar-refractivity contribution >= 4 is 23.0 Å². The molecule has 1 aromatic carbocycles. The summed E-state index contributed by atoms with van der Waals surface area (Å²) in [5, 5.41) is 6.53. The summed E-state index contributed by atoms with van der Waals surface area (Å²) < 4.78 is 5.72. The molecule has 0 amide bonds. The van der Waals surface area contributed by atoms with E-state index in [4.69, 9.17) is 17.0 Å². The van der Waals surface area contributed by atoms with E-state index in [1.54, 1.807) is 7.05 Å². The largest absolute Gasteiger partial charge is 0.491 e. The topological polar surface area (TPSA) is 33.3 Å². The Morgan fingerprint density at radius 3 is 2.88 bits per heavy atom. The van der Waals surface area contributed by atoms with Gasteiger partial charge in [0.05, 0.1) is 6.10 Å². The molecule has 0 bridgehead atoms. The van der Waals surface area contributed by atoms with Crippen molar-refractivity contribution in [2.24, 2.45) is 0 Å². The van der Waals surface area contributed by atoms with Crippen LogP contribution in [0.1, 0.15) is 20.3 Å². The normalized spacial score (nSPS) is 11.7. The van der Waals surface area contributed by atoms with Crippen molar-refractivity contribution in [3.05, 3.63) is 24.3 Å². The van der Waals surface area contributed by atoms with Crippen LogP contribution in [0.2, 0.25) is 0 Å². The highest BCUT2D eigenvalue weighted by Crippen LogP contribution is 2.19. The minimum absolute atomic E-state index is 0.228. The number of rotatable bonds is 4. The van der Waals surface area contributed by atoms with Crippen molar-refractivity contribution in [3.63, 3.8) is 0 Å². The van der Waals surface area contributed by atoms with E-state index in [2.05, 4.69) is 24.5 Å². The lowest BCUT2D eigenvalue weighted by Gasteiger charge is -2.14. The molecule has 0 spiro atoms. The van der Waals surface area contributed by atoms with E-state index in [9.17, 15) is 0 Å². The molecule has 0 aliphatic rings. The fraction of sp³-hybridized carbons (Fsp3) is 0.417. The molecule has 0 fully saturated rings. The molecule has 2 N–H and O–H groups in total. The highest BCUT2D eigenvalue weighted by Gasteiger charge is 2.02. The van der Waals surface area contributed by atoms with E-state index in [1.807, 2.05) is 24.3 Å². The molecule has 0 heterocycles. The van der Waals surface area contributed by atoms with Crippen LogP contribution in [0.5, 0.6) is 5.75 Å². The third-order valence-corrected chi connectivity index (χ3v) is 2.54. The first kappa shape index (κ1) is 12.8. The summed E-state index contributed by atoms with van der Waals surface area (Å²) in [6.45, 7) is 4.15. The van der Waals surface area contributed by atoms with E-state index < -0.39 is 0 Å². The van der Waals surface area contributed by atoms with Crippen LogP contribution < -0.4 is 15.4 Å². The second-order valence-corrected chi connectivity index (χ2v) is 3.98. The standard InChI is InChI=1S/C12H18N2OS/c1-4-9(2)15-11-7-5-6-10(8-11)14-12(16)13-3/h5-9H,4H2,1-3H3,(H2,13,14,16). The summed E-state index contributed by atoms with van der Waals surface area (Å²) in [4.78, 5) is 0. The van der Waals surface area contributed by atoms with Gasteiger partial charge in [0.1, 0.15) is 5.75 Å². The third kappa shape index (κ3) is 4.06. The summed E-state index contributed by atoms with van der Waals surface area (Å²) in [5.41, 5.74) is 0.931. The van der Waals surface area contributed by atoms with Gasteiger partial charge in [0, 0.05) is 18.8 Å². The van der Waals surface area contributed by atoms with Crippen LogP contribution in [0, 0.1) is 0 Å². The van der Waals surface area contributed by atoms with Gasteiger partial charge in [-0.1, -0.05) is 13.0 Å². The van der Waals surface area contributed by atoms with Gasteiger partial charge in [-0.05, 0) is 37.7 Å². The van der Waals surface area contributed by atoms with Crippen molar-refractivity contribution < 1.29 is 4.74 Å². The Balaban J connectivity index is 2.67. The molecule has 1 rings (SSSR count). The molecule has 1 atom stereocenters. The average Bonchev–Trinajstić information content (AvgIpc) is 2.29. The van der Waals surface area contributed by atoms with Gasteiger partial charge in [-0.15, -0.1) is 0 Å². The fourth-order valence-corrected chi connectivity index (χ4v) is 1.27. The van der Waals surface area contributed by atoms with Gasteiger partial charge >= 0.3 is 0 Å². The molecule has 16 heavy (non-hydrogen) atoms. The van der Waals surface area contributed by atoms with E-state index in [-0.39, 0.29) is 6.10 Å². The highest BCUT2D eigenvalue weighted by molar-refractivity contribution is 7.80. The molecule has 3 nitrogen and oxygen atoms in total. The molecule has 1 aromatic rings. The third-order valence-electron chi connectivity index (χ3n) is 2.23. The van der Waals surface area contributed by atoms with Crippen LogP contribution in [0.4, 0.5) is 5.69 Å². The Morgan fingerprint density at radius 1 is 1.50 bits per heavy atom. The Morgan fingerprint density at radius 2 is 2.25 bits per heavy atom. The zero-order valence-corrected chi connectivity index (χ0v) is 10.7. The summed E-state index contributed by atoms with van der Waals surface area (Å²) in [6, 6.07) is 7.78. The maximum atomic E-state index is 5.72. The molecule has 0 aromatic heterocycles. The Kier molecular flexibility index (Phi) is 5.05. The van der Waals surface area contributed by atoms with Crippen molar-refractivity contribution in [2.45, 2.75) is 26.4 Å². The molecule has 0 saturated heterocycles. The molecule has 0 aliphatic carbocycles. The predicted octanol–water partition coefficient (Wildman–Crippen LogP) is 2.78. The van der Waals surface area contributed by atoms with Gasteiger partial charge < -0.3 is 15.4 Å². The maximum Gasteiger partial charge on any atom is 0.170 e. The molecular weight excluding hydrogens is 220 g/mol. The molecule has 0 radical (unpaired) electrons. The van der Waals surface area contributed by atoms with Crippen LogP contribution in [-0.2, 0) is 0 Å². The van der Waals surface area contributed by atoms with E-state index >= 15 is 0 Å². The van der Waals surface area contributed by atoms with Crippen molar-refractivity contribution in [3.8, 4) is 5.75 Å². The van der Waals surface area contributed by atoms with Crippen LogP contribution in [-0.4, -0.2) is 18.3 Å². The lowest BCUT2D eigenvalue weighted by atomic mass is 10.3. The zero-order valence-electron chi connectivity index (χ0n) is 9.91. The molecule has 4 heteroatoms. The van der Waals surface area contributed by atoms with E-state index in [1.165, 1.54) is 0 Å². The molecule has 1 unspecified atom stereocenters. The minimum Gasteiger partial charge on any atom is -0.491 e. The number of nitrogens with one attached hydrogen (secondary N) is 2. The first-order valence-electron chi connectivity index (χ1n) is 5.41. The van der Waals surface area contributed by atoms with Crippen molar-refractivity contribution in [1.29, 1.82) is 0 Å². The van der Waals surface area contributed by atoms with Gasteiger partial charge in [0.15, 0.2) is 5.11 Å². The van der Waals surface area contributed by atoms with Gasteiger partial charge in [-0.2, -0.15) is 0 Å². The SMILES string of the molecule is CCC(C)Oc1cccc(NC(=S)NC)c1. The number of ether oxygens (including phenoxy) is 1. The Bertz CT molecular complexity index is 355. The molecule has 0 aliphatic heterocycles. The Labute approximate surface area is 102 Å². The first-order valence-corrected chi connectivity index (χ1v) is 5.82. The highest BCUT2D eigenvalue weighted by atomic mass is 32.1. The van der Waals surface area contributed by atoms with Crippen molar-refractivity contribution in [1.82, 2.24) is 5.32 Å². The summed E-state index contributed by atoms with van der Waals surface area (Å²) in [6.07, 6.45) is 1.22. The zero-order chi connectivity index (χ0) is 12.0. The predicted molar refractivity (Wildman–Crippen MR) is 72.1 cm³/mol. The number of anilines is 1. The number of hydrogen-bond acceptors (Lipinski definition) is 2. The monoisotopic (exact) mass is 238 g/mol. The van der Waals surface area contributed by atoms with Gasteiger partial charge in [0.2, 0.25) is 0 Å². The molecule has 0 saturated carbocycles. The first-order chi connectivity index (χ1) is 7.65. The quantitative estimate of drug-likeness (QED) is 0.790. The summed E-state index contributed by atoms with van der Waals surface area (Å²) in [7, 11) is 1.79. The number of benzene rings is 1. The number of hydrogen-bond donors (Lipinski definition) is 2. The molecular formula is C12H18N2OS. The average molecular weight is 238 g/mol. The van der Waals surface area contributed by atoms with Crippen LogP contribution in [0.15, 0.2) is 24.3 Å². The second-order valence-electron chi connectivity index (χ2n) is 3.57. The summed E-state index contributed by atoms with van der Waals surface area (Å²) in [5.74, 6) is 0.859. The van der Waals surface area contributed by atoms with E-state index in [0.29, 0.717) is 5.11 Å². The lowest BCUT2D eigenvalue weighted by molar-refractivity contribution is 0.217. The lowest BCUT2D eigenvalue weighted by Crippen LogP contribution is -2.24. The van der Waals surface area contributed by atoms with Crippen molar-refractivity contribution in [2.75, 3.05) is 12.4 Å². The van der Waals surface area contributed by atoms with Gasteiger partial charge in [-0.3, -0.25) is 0 Å². The molecule has 88 valence electrons. The van der Waals surface area contributed by atoms with Crippen LogP contribution >= 0.6 is 12.2 Å². The summed E-state index contributed by atoms with van der Waals surface area (Å²) >= 11 is 5.03. The smallest absolute Gasteiger partial charge is 0.170 e. The Hall–Kier alpha value is -1.29. The maximum absolute atomic E-state index is 5.72. The van der Waals surface area contributed by atoms with Gasteiger partial charge in [0.25, 0.3) is 0 Å². The van der Waals surface area contributed by atoms with Crippen LogP contribution in [0.25, 0.3) is 0 Å². The minimum atomic E-state index is 0.228. The van der Waals surface area contributed by atoms with E-state index in [0.717, 1.165) is 17.9 Å². The van der Waals surface area contributed by atoms with Crippen LogP contribution in [0.3, 0.4) is 0 Å². The second kappa shape index (κ2) is 6.33. The van der Waals surface area contributed by atoms with Gasteiger partial charge in [-0.25, -0.2) is 0 Å². The number of thiocarbonyl (C=S) groups is 1. The fourth-order valence-electron chi connectivity index (χ4n) is 1.16.